The second-order valence-electron chi connectivity index (χ2n) is 4.65. The van der Waals surface area contributed by atoms with Crippen LogP contribution in [0.5, 0.6) is 0 Å². The topological polar surface area (TPSA) is 82.5 Å². The molecular weight excluding hydrogens is 298 g/mol. The number of carbonyl (C=O) groups is 2. The average Bonchev–Trinajstić information content (AvgIpc) is 3.00. The predicted molar refractivity (Wildman–Crippen MR) is 84.0 cm³/mol. The van der Waals surface area contributed by atoms with E-state index in [1.807, 2.05) is 31.3 Å². The lowest BCUT2D eigenvalue weighted by atomic mass is 10.2. The Morgan fingerprint density at radius 2 is 1.83 bits per heavy atom. The van der Waals surface area contributed by atoms with Crippen molar-refractivity contribution in [1.82, 2.24) is 9.78 Å². The van der Waals surface area contributed by atoms with Crippen molar-refractivity contribution in [3.8, 4) is 5.69 Å². The van der Waals surface area contributed by atoms with Gasteiger partial charge < -0.3 is 14.8 Å². The highest BCUT2D eigenvalue weighted by Crippen LogP contribution is 2.15. The number of nitrogens with one attached hydrogen (secondary N) is 1. The molecule has 0 aliphatic heterocycles. The monoisotopic (exact) mass is 315 g/mol. The highest BCUT2D eigenvalue weighted by Gasteiger charge is 2.12. The molecule has 0 unspecified atom stereocenters. The maximum Gasteiger partial charge on any atom is 0.354 e. The number of esters is 2. The molecule has 7 heteroatoms. The Kier molecular flexibility index (Phi) is 5.14. The number of nitrogens with zero attached hydrogens (tertiary/aromatic N) is 2. The highest BCUT2D eigenvalue weighted by molar-refractivity contribution is 5.98. The molecule has 1 heterocycles. The van der Waals surface area contributed by atoms with E-state index in [4.69, 9.17) is 0 Å². The molecule has 1 aromatic heterocycles. The first-order valence-electron chi connectivity index (χ1n) is 6.81. The Labute approximate surface area is 133 Å². The van der Waals surface area contributed by atoms with E-state index < -0.39 is 11.9 Å². The molecule has 0 aliphatic carbocycles. The smallest absolute Gasteiger partial charge is 0.354 e. The lowest BCUT2D eigenvalue weighted by Crippen LogP contribution is -2.15. The molecular formula is C16H17N3O4. The third-order valence-corrected chi connectivity index (χ3v) is 3.00. The molecule has 0 fully saturated rings. The molecule has 0 bridgehead atoms. The van der Waals surface area contributed by atoms with Gasteiger partial charge in [0.2, 0.25) is 0 Å². The summed E-state index contributed by atoms with van der Waals surface area (Å²) >= 11 is 0. The summed E-state index contributed by atoms with van der Waals surface area (Å²) in [6, 6.07) is 9.10. The normalized spacial score (nSPS) is 11.0. The van der Waals surface area contributed by atoms with Gasteiger partial charge in [0, 0.05) is 11.9 Å². The second-order valence-corrected chi connectivity index (χ2v) is 4.65. The summed E-state index contributed by atoms with van der Waals surface area (Å²) in [6.45, 7) is 1.91. The summed E-state index contributed by atoms with van der Waals surface area (Å²) in [4.78, 5) is 23.0. The van der Waals surface area contributed by atoms with Crippen molar-refractivity contribution in [3.05, 3.63) is 54.0 Å². The molecule has 0 atom stereocenters. The first-order chi connectivity index (χ1) is 11.0. The standard InChI is InChI=1S/C16H17N3O4/c1-11-8-9-19(18-11)13-6-4-12(5-7-13)17-14(16(21)23-3)10-15(20)22-2/h4-10,17H,1-3H3/b14-10+. The van der Waals surface area contributed by atoms with Gasteiger partial charge in [-0.15, -0.1) is 0 Å². The third-order valence-electron chi connectivity index (χ3n) is 3.00. The van der Waals surface area contributed by atoms with Crippen molar-refractivity contribution in [3.63, 3.8) is 0 Å². The van der Waals surface area contributed by atoms with Crippen LogP contribution in [0.4, 0.5) is 5.69 Å². The number of methoxy groups -OCH3 is 2. The van der Waals surface area contributed by atoms with Crippen molar-refractivity contribution >= 4 is 17.6 Å². The van der Waals surface area contributed by atoms with E-state index in [1.165, 1.54) is 14.2 Å². The first-order valence-corrected chi connectivity index (χ1v) is 6.81. The van der Waals surface area contributed by atoms with Crippen molar-refractivity contribution in [2.24, 2.45) is 0 Å². The minimum Gasteiger partial charge on any atom is -0.466 e. The number of rotatable bonds is 5. The van der Waals surface area contributed by atoms with Crippen molar-refractivity contribution in [2.75, 3.05) is 19.5 Å². The highest BCUT2D eigenvalue weighted by atomic mass is 16.5. The molecule has 0 spiro atoms. The van der Waals surface area contributed by atoms with Gasteiger partial charge in [0.1, 0.15) is 5.70 Å². The quantitative estimate of drug-likeness (QED) is 0.669. The van der Waals surface area contributed by atoms with E-state index in [1.54, 1.807) is 16.8 Å². The van der Waals surface area contributed by atoms with Gasteiger partial charge in [0.05, 0.1) is 31.7 Å². The van der Waals surface area contributed by atoms with E-state index in [0.29, 0.717) is 5.69 Å². The van der Waals surface area contributed by atoms with Gasteiger partial charge in [0.25, 0.3) is 0 Å². The minimum atomic E-state index is -0.665. The Balaban J connectivity index is 2.19. The maximum absolute atomic E-state index is 11.7. The van der Waals surface area contributed by atoms with Crippen LogP contribution in [-0.2, 0) is 19.1 Å². The van der Waals surface area contributed by atoms with Gasteiger partial charge >= 0.3 is 11.9 Å². The Morgan fingerprint density at radius 3 is 2.35 bits per heavy atom. The van der Waals surface area contributed by atoms with Crippen LogP contribution in [0.15, 0.2) is 48.3 Å². The fourth-order valence-electron chi connectivity index (χ4n) is 1.84. The molecule has 0 aliphatic rings. The second kappa shape index (κ2) is 7.26. The molecule has 0 radical (unpaired) electrons. The SMILES string of the molecule is COC(=O)/C=C(/Nc1ccc(-n2ccc(C)n2)cc1)C(=O)OC. The first kappa shape index (κ1) is 16.3. The lowest BCUT2D eigenvalue weighted by Gasteiger charge is -2.10. The van der Waals surface area contributed by atoms with Crippen molar-refractivity contribution in [1.29, 1.82) is 0 Å². The van der Waals surface area contributed by atoms with Crippen molar-refractivity contribution in [2.45, 2.75) is 6.92 Å². The molecule has 23 heavy (non-hydrogen) atoms. The number of ether oxygens (including phenoxy) is 2. The molecule has 0 saturated carbocycles. The fraction of sp³-hybridized carbons (Fsp3) is 0.188. The van der Waals surface area contributed by atoms with Crippen LogP contribution in [0.2, 0.25) is 0 Å². The molecule has 1 aromatic carbocycles. The summed E-state index contributed by atoms with van der Waals surface area (Å²) in [7, 11) is 2.47. The van der Waals surface area contributed by atoms with Crippen LogP contribution in [0.25, 0.3) is 5.69 Å². The van der Waals surface area contributed by atoms with Crippen LogP contribution in [0.1, 0.15) is 5.69 Å². The summed E-state index contributed by atoms with van der Waals surface area (Å²) < 4.78 is 10.9. The predicted octanol–water partition coefficient (Wildman–Crippen LogP) is 1.82. The van der Waals surface area contributed by atoms with Crippen molar-refractivity contribution < 1.29 is 19.1 Å². The fourth-order valence-corrected chi connectivity index (χ4v) is 1.84. The number of carbonyl (C=O) groups excluding carboxylic acids is 2. The molecule has 7 nitrogen and oxygen atoms in total. The Bertz CT molecular complexity index is 732. The van der Waals surface area contributed by atoms with E-state index >= 15 is 0 Å². The number of hydrogen-bond acceptors (Lipinski definition) is 6. The van der Waals surface area contributed by atoms with Gasteiger partial charge in [-0.1, -0.05) is 0 Å². The third kappa shape index (κ3) is 4.19. The molecule has 0 saturated heterocycles. The molecule has 1 N–H and O–H groups in total. The molecule has 0 amide bonds. The van der Waals surface area contributed by atoms with Crippen LogP contribution in [0, 0.1) is 6.92 Å². The molecule has 2 aromatic rings. The lowest BCUT2D eigenvalue weighted by molar-refractivity contribution is -0.138. The Morgan fingerprint density at radius 1 is 1.13 bits per heavy atom. The summed E-state index contributed by atoms with van der Waals surface area (Å²) in [5.74, 6) is -1.32. The zero-order valence-corrected chi connectivity index (χ0v) is 13.1. The van der Waals surface area contributed by atoms with Gasteiger partial charge in [-0.3, -0.25) is 0 Å². The van der Waals surface area contributed by atoms with Crippen LogP contribution < -0.4 is 5.32 Å². The van der Waals surface area contributed by atoms with E-state index in [-0.39, 0.29) is 5.70 Å². The van der Waals surface area contributed by atoms with E-state index in [2.05, 4.69) is 19.9 Å². The molecule has 120 valence electrons. The molecule has 2 rings (SSSR count). The zero-order chi connectivity index (χ0) is 16.8. The van der Waals surface area contributed by atoms with Gasteiger partial charge in [-0.2, -0.15) is 5.10 Å². The van der Waals surface area contributed by atoms with Crippen LogP contribution >= 0.6 is 0 Å². The van der Waals surface area contributed by atoms with E-state index in [0.717, 1.165) is 17.5 Å². The number of anilines is 1. The van der Waals surface area contributed by atoms with Crippen LogP contribution in [-0.4, -0.2) is 35.9 Å². The zero-order valence-electron chi connectivity index (χ0n) is 13.1. The number of hydrogen-bond donors (Lipinski definition) is 1. The minimum absolute atomic E-state index is 0.0120. The van der Waals surface area contributed by atoms with E-state index in [9.17, 15) is 9.59 Å². The summed E-state index contributed by atoms with van der Waals surface area (Å²) in [5, 5.41) is 7.15. The summed E-state index contributed by atoms with van der Waals surface area (Å²) in [6.07, 6.45) is 2.89. The number of benzene rings is 1. The largest absolute Gasteiger partial charge is 0.466 e. The number of aromatic nitrogens is 2. The van der Waals surface area contributed by atoms with Gasteiger partial charge in [-0.25, -0.2) is 14.3 Å². The Hall–Kier alpha value is -3.09. The average molecular weight is 315 g/mol. The van der Waals surface area contributed by atoms with Gasteiger partial charge in [-0.05, 0) is 37.3 Å². The van der Waals surface area contributed by atoms with Gasteiger partial charge in [0.15, 0.2) is 0 Å². The number of aryl methyl sites for hydroxylation is 1. The summed E-state index contributed by atoms with van der Waals surface area (Å²) in [5.41, 5.74) is 2.40. The maximum atomic E-state index is 11.7. The van der Waals surface area contributed by atoms with Crippen LogP contribution in [0.3, 0.4) is 0 Å².